The molecule has 174 valence electrons. The number of carbonyl (C=O) groups is 2. The molecule has 3 aromatic rings. The zero-order chi connectivity index (χ0) is 23.8. The number of nitrogens with zero attached hydrogens (tertiary/aromatic N) is 2. The number of ether oxygens (including phenoxy) is 2. The van der Waals surface area contributed by atoms with E-state index < -0.39 is 17.7 Å². The minimum atomic E-state index is -0.693. The van der Waals surface area contributed by atoms with Gasteiger partial charge in [0.05, 0.1) is 31.0 Å². The fraction of sp³-hybridized carbons (Fsp3) is 0.231. The van der Waals surface area contributed by atoms with Gasteiger partial charge in [-0.2, -0.15) is 0 Å². The molecule has 1 unspecified atom stereocenters. The normalized spacial score (nSPS) is 19.2. The van der Waals surface area contributed by atoms with E-state index in [-0.39, 0.29) is 17.9 Å². The Kier molecular flexibility index (Phi) is 5.75. The number of rotatable bonds is 5. The van der Waals surface area contributed by atoms with Crippen molar-refractivity contribution in [1.82, 2.24) is 4.90 Å². The minimum absolute atomic E-state index is 0.0923. The molecule has 0 saturated carbocycles. The van der Waals surface area contributed by atoms with E-state index in [2.05, 4.69) is 0 Å². The van der Waals surface area contributed by atoms with Gasteiger partial charge in [0.1, 0.15) is 23.9 Å². The van der Waals surface area contributed by atoms with Crippen LogP contribution in [0.4, 0.5) is 5.69 Å². The van der Waals surface area contributed by atoms with Crippen molar-refractivity contribution >= 4 is 34.5 Å². The summed E-state index contributed by atoms with van der Waals surface area (Å²) in [5.41, 5.74) is 2.22. The van der Waals surface area contributed by atoms with E-state index in [0.29, 0.717) is 17.9 Å². The van der Waals surface area contributed by atoms with E-state index in [1.165, 1.54) is 16.2 Å². The van der Waals surface area contributed by atoms with Gasteiger partial charge in [0.15, 0.2) is 0 Å². The van der Waals surface area contributed by atoms with Crippen LogP contribution in [0.15, 0.2) is 65.6 Å². The monoisotopic (exact) mass is 476 g/mol. The van der Waals surface area contributed by atoms with Crippen molar-refractivity contribution in [3.05, 3.63) is 81.6 Å². The lowest BCUT2D eigenvalue weighted by molar-refractivity contribution is -0.140. The third-order valence-corrected chi connectivity index (χ3v) is 7.09. The fourth-order valence-electron chi connectivity index (χ4n) is 4.41. The Hall–Kier alpha value is -3.78. The summed E-state index contributed by atoms with van der Waals surface area (Å²) in [5, 5.41) is 13.2. The van der Waals surface area contributed by atoms with Gasteiger partial charge in [-0.05, 0) is 47.3 Å². The fourth-order valence-corrected chi connectivity index (χ4v) is 5.25. The van der Waals surface area contributed by atoms with Crippen molar-refractivity contribution in [2.24, 2.45) is 0 Å². The highest BCUT2D eigenvalue weighted by molar-refractivity contribution is 7.10. The summed E-state index contributed by atoms with van der Waals surface area (Å²) in [6.45, 7) is 1.52. The van der Waals surface area contributed by atoms with Crippen LogP contribution in [-0.2, 0) is 16.1 Å². The number of aliphatic hydroxyl groups excluding tert-OH is 1. The van der Waals surface area contributed by atoms with Gasteiger partial charge >= 0.3 is 0 Å². The average molecular weight is 477 g/mol. The Morgan fingerprint density at radius 1 is 1.18 bits per heavy atom. The van der Waals surface area contributed by atoms with E-state index >= 15 is 0 Å². The molecule has 2 aliphatic rings. The number of likely N-dealkylation sites (tertiary alicyclic amines) is 1. The highest BCUT2D eigenvalue weighted by Crippen LogP contribution is 2.43. The molecule has 34 heavy (non-hydrogen) atoms. The topological polar surface area (TPSA) is 79.3 Å². The van der Waals surface area contributed by atoms with Crippen LogP contribution >= 0.6 is 11.3 Å². The lowest BCUT2D eigenvalue weighted by atomic mass is 9.99. The molecule has 1 saturated heterocycles. The van der Waals surface area contributed by atoms with Crippen molar-refractivity contribution in [1.29, 1.82) is 0 Å². The summed E-state index contributed by atoms with van der Waals surface area (Å²) in [7, 11) is 3.53. The molecule has 2 aromatic carbocycles. The Balaban J connectivity index is 1.59. The van der Waals surface area contributed by atoms with Crippen LogP contribution in [-0.4, -0.2) is 49.0 Å². The number of methoxy groups -OCH3 is 1. The Morgan fingerprint density at radius 3 is 2.79 bits per heavy atom. The number of thiophene rings is 1. The predicted molar refractivity (Wildman–Crippen MR) is 130 cm³/mol. The first-order valence-electron chi connectivity index (χ1n) is 10.9. The number of Topliss-reactive ketones (excluding diaryl/α,β-unsaturated/α-hetero) is 1. The minimum Gasteiger partial charge on any atom is -0.507 e. The lowest BCUT2D eigenvalue weighted by Crippen LogP contribution is -2.29. The van der Waals surface area contributed by atoms with Crippen LogP contribution in [0.2, 0.25) is 0 Å². The molecule has 0 radical (unpaired) electrons. The molecule has 0 bridgehead atoms. The maximum atomic E-state index is 13.2. The van der Waals surface area contributed by atoms with Crippen molar-refractivity contribution in [2.75, 3.05) is 32.2 Å². The summed E-state index contributed by atoms with van der Waals surface area (Å²) in [5.74, 6) is -0.130. The Morgan fingerprint density at radius 2 is 2.03 bits per heavy atom. The van der Waals surface area contributed by atoms with Crippen LogP contribution < -0.4 is 14.4 Å². The molecule has 1 N–H and O–H groups in total. The summed E-state index contributed by atoms with van der Waals surface area (Å²) in [4.78, 5) is 30.8. The molecular formula is C26H24N2O5S. The van der Waals surface area contributed by atoms with Crippen molar-refractivity contribution in [3.8, 4) is 11.5 Å². The number of likely N-dealkylation sites (N-methyl/N-ethyl adjacent to an activating group) is 1. The Bertz CT molecular complexity index is 1280. The number of hydrogen-bond donors (Lipinski definition) is 1. The van der Waals surface area contributed by atoms with Gasteiger partial charge in [0.2, 0.25) is 0 Å². The van der Waals surface area contributed by atoms with Gasteiger partial charge in [-0.3, -0.25) is 9.59 Å². The summed E-state index contributed by atoms with van der Waals surface area (Å²) in [6, 6.07) is 15.7. The smallest absolute Gasteiger partial charge is 0.295 e. The zero-order valence-electron chi connectivity index (χ0n) is 18.9. The standard InChI is InChI=1S/C26H24N2O5S/c1-27-10-11-33-20-9-8-17(14-19(20)27)24(29)22-23(21-7-4-12-34-21)28(26(31)25(22)30)15-16-5-3-6-18(13-16)32-2/h3-9,12-14,23,29H,10-11,15H2,1-2H3/b24-22-. The van der Waals surface area contributed by atoms with Crippen LogP contribution in [0.25, 0.3) is 5.76 Å². The van der Waals surface area contributed by atoms with E-state index in [1.54, 1.807) is 25.3 Å². The van der Waals surface area contributed by atoms with Gasteiger partial charge in [-0.15, -0.1) is 11.3 Å². The molecule has 0 spiro atoms. The van der Waals surface area contributed by atoms with Crippen LogP contribution in [0, 0.1) is 0 Å². The second-order valence-electron chi connectivity index (χ2n) is 8.25. The number of aliphatic hydroxyl groups is 1. The number of benzene rings is 2. The summed E-state index contributed by atoms with van der Waals surface area (Å²) < 4.78 is 11.0. The number of fused-ring (bicyclic) bond motifs is 1. The zero-order valence-corrected chi connectivity index (χ0v) is 19.7. The quantitative estimate of drug-likeness (QED) is 0.338. The molecule has 8 heteroatoms. The van der Waals surface area contributed by atoms with Crippen molar-refractivity contribution < 1.29 is 24.2 Å². The highest BCUT2D eigenvalue weighted by Gasteiger charge is 2.46. The molecule has 2 aliphatic heterocycles. The molecule has 1 atom stereocenters. The van der Waals surface area contributed by atoms with Crippen LogP contribution in [0.5, 0.6) is 11.5 Å². The molecular weight excluding hydrogens is 452 g/mol. The number of ketones is 1. The van der Waals surface area contributed by atoms with E-state index in [1.807, 2.05) is 53.7 Å². The molecule has 0 aliphatic carbocycles. The predicted octanol–water partition coefficient (Wildman–Crippen LogP) is 4.21. The van der Waals surface area contributed by atoms with Crippen LogP contribution in [0.1, 0.15) is 22.0 Å². The third-order valence-electron chi connectivity index (χ3n) is 6.17. The largest absolute Gasteiger partial charge is 0.507 e. The van der Waals surface area contributed by atoms with Gasteiger partial charge < -0.3 is 24.4 Å². The van der Waals surface area contributed by atoms with Gasteiger partial charge in [0.25, 0.3) is 11.7 Å². The first kappa shape index (κ1) is 22.0. The first-order chi connectivity index (χ1) is 16.5. The molecule has 5 rings (SSSR count). The number of carbonyl (C=O) groups excluding carboxylic acids is 2. The maximum absolute atomic E-state index is 13.2. The molecule has 7 nitrogen and oxygen atoms in total. The van der Waals surface area contributed by atoms with E-state index in [0.717, 1.165) is 28.4 Å². The SMILES string of the molecule is COc1cccc(CN2C(=O)C(=O)/C(=C(\O)c3ccc4c(c3)N(C)CCO4)C2c2cccs2)c1. The second-order valence-corrected chi connectivity index (χ2v) is 9.23. The lowest BCUT2D eigenvalue weighted by Gasteiger charge is -2.28. The van der Waals surface area contributed by atoms with Gasteiger partial charge in [0, 0.05) is 24.0 Å². The first-order valence-corrected chi connectivity index (χ1v) is 11.8. The van der Waals surface area contributed by atoms with E-state index in [4.69, 9.17) is 9.47 Å². The second kappa shape index (κ2) is 8.87. The van der Waals surface area contributed by atoms with Crippen molar-refractivity contribution in [3.63, 3.8) is 0 Å². The highest BCUT2D eigenvalue weighted by atomic mass is 32.1. The number of anilines is 1. The third kappa shape index (κ3) is 3.80. The molecule has 1 amide bonds. The molecule has 1 fully saturated rings. The average Bonchev–Trinajstić information content (AvgIpc) is 3.47. The van der Waals surface area contributed by atoms with Gasteiger partial charge in [-0.1, -0.05) is 18.2 Å². The summed E-state index contributed by atoms with van der Waals surface area (Å²) in [6.07, 6.45) is 0. The number of amides is 1. The van der Waals surface area contributed by atoms with Gasteiger partial charge in [-0.25, -0.2) is 0 Å². The number of hydrogen-bond acceptors (Lipinski definition) is 7. The molecule has 3 heterocycles. The van der Waals surface area contributed by atoms with E-state index in [9.17, 15) is 14.7 Å². The molecule has 1 aromatic heterocycles. The van der Waals surface area contributed by atoms with Crippen molar-refractivity contribution in [2.45, 2.75) is 12.6 Å². The Labute approximate surface area is 201 Å². The maximum Gasteiger partial charge on any atom is 0.295 e. The summed E-state index contributed by atoms with van der Waals surface area (Å²) >= 11 is 1.44. The van der Waals surface area contributed by atoms with Crippen LogP contribution in [0.3, 0.4) is 0 Å².